The Balaban J connectivity index is 1.25. The molecule has 7 heteroatoms. The molecule has 0 amide bonds. The zero-order chi connectivity index (χ0) is 20.2. The monoisotopic (exact) mass is 393 g/mol. The van der Waals surface area contributed by atoms with E-state index in [2.05, 4.69) is 62.1 Å². The molecular formula is C22H27N5O2. The van der Waals surface area contributed by atoms with E-state index in [1.807, 2.05) is 0 Å². The predicted molar refractivity (Wildman–Crippen MR) is 113 cm³/mol. The number of aliphatic hydroxyl groups excluding tert-OH is 1. The van der Waals surface area contributed by atoms with Gasteiger partial charge in [-0.05, 0) is 42.8 Å². The Hall–Kier alpha value is -2.77. The van der Waals surface area contributed by atoms with Crippen LogP contribution < -0.4 is 10.2 Å². The van der Waals surface area contributed by atoms with E-state index in [9.17, 15) is 4.79 Å². The van der Waals surface area contributed by atoms with Crippen molar-refractivity contribution >= 4 is 22.6 Å². The minimum atomic E-state index is -0.514. The van der Waals surface area contributed by atoms with E-state index in [-0.39, 0.29) is 5.78 Å². The molecule has 152 valence electrons. The second kappa shape index (κ2) is 8.71. The molecule has 0 saturated carbocycles. The Morgan fingerprint density at radius 1 is 1.21 bits per heavy atom. The third kappa shape index (κ3) is 4.31. The van der Waals surface area contributed by atoms with Gasteiger partial charge in [0.25, 0.3) is 0 Å². The third-order valence-electron chi connectivity index (χ3n) is 5.79. The number of nitrogens with one attached hydrogen (secondary N) is 1. The molecule has 2 N–H and O–H groups in total. The summed E-state index contributed by atoms with van der Waals surface area (Å²) in [4.78, 5) is 22.2. The van der Waals surface area contributed by atoms with Crippen LogP contribution in [0, 0.1) is 5.92 Å². The molecule has 1 aliphatic heterocycles. The fourth-order valence-corrected chi connectivity index (χ4v) is 3.98. The molecule has 2 aromatic heterocycles. The largest absolute Gasteiger partial charge is 0.388 e. The molecule has 7 nitrogen and oxygen atoms in total. The Kier molecular flexibility index (Phi) is 5.87. The fourth-order valence-electron chi connectivity index (χ4n) is 3.98. The summed E-state index contributed by atoms with van der Waals surface area (Å²) < 4.78 is 2.26. The van der Waals surface area contributed by atoms with Crippen molar-refractivity contribution in [3.05, 3.63) is 54.0 Å². The van der Waals surface area contributed by atoms with Crippen molar-refractivity contribution in [3.8, 4) is 0 Å². The molecule has 0 unspecified atom stereocenters. The van der Waals surface area contributed by atoms with Gasteiger partial charge in [0.2, 0.25) is 5.95 Å². The topological polar surface area (TPSA) is 83.3 Å². The highest BCUT2D eigenvalue weighted by Gasteiger charge is 2.21. The maximum atomic E-state index is 11.5. The number of aliphatic hydroxyl groups is 1. The summed E-state index contributed by atoms with van der Waals surface area (Å²) in [6, 6.07) is 10.7. The summed E-state index contributed by atoms with van der Waals surface area (Å²) in [6.45, 7) is 3.18. The number of ketones is 1. The van der Waals surface area contributed by atoms with Gasteiger partial charge in [-0.2, -0.15) is 0 Å². The first kappa shape index (κ1) is 19.5. The van der Waals surface area contributed by atoms with E-state index in [1.54, 1.807) is 0 Å². The number of rotatable bonds is 7. The number of benzene rings is 1. The molecule has 0 atom stereocenters. The zero-order valence-electron chi connectivity index (χ0n) is 16.7. The van der Waals surface area contributed by atoms with E-state index in [0.29, 0.717) is 17.4 Å². The lowest BCUT2D eigenvalue weighted by Gasteiger charge is -2.32. The normalized spacial score (nSPS) is 15.2. The lowest BCUT2D eigenvalue weighted by molar-refractivity contribution is 0.0903. The van der Waals surface area contributed by atoms with Gasteiger partial charge in [0.05, 0.1) is 5.56 Å². The van der Waals surface area contributed by atoms with E-state index in [0.717, 1.165) is 39.0 Å². The number of carbonyl (C=O) groups excluding carboxylic acids is 1. The molecular weight excluding hydrogens is 366 g/mol. The van der Waals surface area contributed by atoms with Crippen LogP contribution in [0.15, 0.2) is 42.7 Å². The smallest absolute Gasteiger partial charge is 0.225 e. The Morgan fingerprint density at radius 2 is 1.93 bits per heavy atom. The molecule has 0 radical (unpaired) electrons. The molecule has 4 rings (SSSR count). The van der Waals surface area contributed by atoms with E-state index >= 15 is 0 Å². The highest BCUT2D eigenvalue weighted by atomic mass is 16.3. The van der Waals surface area contributed by atoms with Gasteiger partial charge < -0.3 is 19.9 Å². The highest BCUT2D eigenvalue weighted by Crippen LogP contribution is 2.21. The number of fused-ring (bicyclic) bond motifs is 1. The number of anilines is 1. The number of hydrogen-bond acceptors (Lipinski definition) is 6. The minimum Gasteiger partial charge on any atom is -0.388 e. The van der Waals surface area contributed by atoms with Gasteiger partial charge >= 0.3 is 0 Å². The summed E-state index contributed by atoms with van der Waals surface area (Å²) in [5.74, 6) is 0.935. The third-order valence-corrected chi connectivity index (χ3v) is 5.79. The summed E-state index contributed by atoms with van der Waals surface area (Å²) >= 11 is 0. The van der Waals surface area contributed by atoms with Crippen LogP contribution in [0.2, 0.25) is 0 Å². The van der Waals surface area contributed by atoms with Crippen LogP contribution in [0.25, 0.3) is 10.9 Å². The number of para-hydroxylation sites is 1. The van der Waals surface area contributed by atoms with Crippen LogP contribution in [-0.4, -0.2) is 51.7 Å². The molecule has 1 fully saturated rings. The molecule has 3 heterocycles. The van der Waals surface area contributed by atoms with Gasteiger partial charge in [0.1, 0.15) is 6.61 Å². The van der Waals surface area contributed by atoms with Crippen molar-refractivity contribution in [1.29, 1.82) is 0 Å². The summed E-state index contributed by atoms with van der Waals surface area (Å²) in [6.07, 6.45) is 5.17. The van der Waals surface area contributed by atoms with Crippen molar-refractivity contribution in [3.63, 3.8) is 0 Å². The first-order chi connectivity index (χ1) is 14.2. The zero-order valence-corrected chi connectivity index (χ0v) is 16.7. The number of hydrogen-bond donors (Lipinski definition) is 2. The highest BCUT2D eigenvalue weighted by molar-refractivity contribution is 5.96. The first-order valence-corrected chi connectivity index (χ1v) is 10.1. The van der Waals surface area contributed by atoms with Gasteiger partial charge in [0.15, 0.2) is 5.78 Å². The molecule has 1 saturated heterocycles. The maximum absolute atomic E-state index is 11.5. The van der Waals surface area contributed by atoms with Gasteiger partial charge in [-0.3, -0.25) is 4.79 Å². The maximum Gasteiger partial charge on any atom is 0.225 e. The average molecular weight is 393 g/mol. The second-order valence-corrected chi connectivity index (χ2v) is 7.67. The Labute approximate surface area is 170 Å². The molecule has 1 aromatic carbocycles. The molecule has 0 spiro atoms. The van der Waals surface area contributed by atoms with Crippen LogP contribution in [0.1, 0.15) is 28.9 Å². The quantitative estimate of drug-likeness (QED) is 0.599. The molecule has 0 bridgehead atoms. The minimum absolute atomic E-state index is 0.351. The van der Waals surface area contributed by atoms with Crippen LogP contribution in [0.3, 0.4) is 0 Å². The summed E-state index contributed by atoms with van der Waals surface area (Å²) in [5, 5.41) is 13.8. The molecule has 29 heavy (non-hydrogen) atoms. The number of carbonyl (C=O) groups is 1. The summed E-state index contributed by atoms with van der Waals surface area (Å²) in [7, 11) is 2.12. The number of nitrogens with zero attached hydrogens (tertiary/aromatic N) is 4. The predicted octanol–water partition coefficient (Wildman–Crippen LogP) is 2.15. The molecule has 3 aromatic rings. The van der Waals surface area contributed by atoms with Crippen LogP contribution in [0.5, 0.6) is 0 Å². The number of aromatic nitrogens is 3. The van der Waals surface area contributed by atoms with Crippen molar-refractivity contribution < 1.29 is 9.90 Å². The number of piperidine rings is 1. The standard InChI is InChI=1S/C22H27N5O2/c1-26-19(10-17-4-2-3-5-20(17)26)14-23-11-16-6-8-27(9-7-16)22-24-12-18(13-25-22)21(29)15-28/h2-5,10,12-13,16,23,28H,6-9,11,14-15H2,1H3. The fraction of sp³-hybridized carbons (Fsp3) is 0.409. The van der Waals surface area contributed by atoms with Gasteiger partial charge in [0, 0.05) is 50.3 Å². The van der Waals surface area contributed by atoms with Crippen molar-refractivity contribution in [2.75, 3.05) is 31.1 Å². The van der Waals surface area contributed by atoms with Gasteiger partial charge in [-0.1, -0.05) is 18.2 Å². The number of aryl methyl sites for hydroxylation is 1. The van der Waals surface area contributed by atoms with E-state index < -0.39 is 6.61 Å². The lowest BCUT2D eigenvalue weighted by atomic mass is 9.97. The lowest BCUT2D eigenvalue weighted by Crippen LogP contribution is -2.38. The number of Topliss-reactive ketones (excluding diaryl/α,β-unsaturated/α-hetero) is 1. The van der Waals surface area contributed by atoms with Crippen molar-refractivity contribution in [1.82, 2.24) is 19.9 Å². The molecule has 0 aliphatic carbocycles. The van der Waals surface area contributed by atoms with Crippen LogP contribution >= 0.6 is 0 Å². The van der Waals surface area contributed by atoms with E-state index in [1.165, 1.54) is 29.0 Å². The van der Waals surface area contributed by atoms with Crippen LogP contribution in [0.4, 0.5) is 5.95 Å². The second-order valence-electron chi connectivity index (χ2n) is 7.67. The average Bonchev–Trinajstić information content (AvgIpc) is 3.09. The van der Waals surface area contributed by atoms with Gasteiger partial charge in [-0.25, -0.2) is 9.97 Å². The van der Waals surface area contributed by atoms with Crippen molar-refractivity contribution in [2.45, 2.75) is 19.4 Å². The summed E-state index contributed by atoms with van der Waals surface area (Å²) in [5.41, 5.74) is 2.92. The SMILES string of the molecule is Cn1c(CNCC2CCN(c3ncc(C(=O)CO)cn3)CC2)cc2ccccc21. The first-order valence-electron chi connectivity index (χ1n) is 10.1. The Morgan fingerprint density at radius 3 is 2.62 bits per heavy atom. The van der Waals surface area contributed by atoms with E-state index in [4.69, 9.17) is 5.11 Å². The molecule has 1 aliphatic rings. The Bertz CT molecular complexity index is 975. The van der Waals surface area contributed by atoms with Gasteiger partial charge in [-0.15, -0.1) is 0 Å². The van der Waals surface area contributed by atoms with Crippen LogP contribution in [-0.2, 0) is 13.6 Å². The van der Waals surface area contributed by atoms with Crippen molar-refractivity contribution in [2.24, 2.45) is 13.0 Å².